The first-order valence-electron chi connectivity index (χ1n) is 13.8. The molecule has 13 nitrogen and oxygen atoms in total. The molecule has 14 heteroatoms. The summed E-state index contributed by atoms with van der Waals surface area (Å²) in [5, 5.41) is 28.2. The third kappa shape index (κ3) is 11.7. The summed E-state index contributed by atoms with van der Waals surface area (Å²) in [6, 6.07) is 9.50. The Kier molecular flexibility index (Phi) is 13.7. The van der Waals surface area contributed by atoms with Crippen molar-refractivity contribution in [3.05, 3.63) is 65.7 Å². The van der Waals surface area contributed by atoms with Crippen LogP contribution in [0.3, 0.4) is 0 Å². The van der Waals surface area contributed by atoms with Crippen molar-refractivity contribution >= 4 is 35.6 Å². The van der Waals surface area contributed by atoms with Gasteiger partial charge in [-0.25, -0.2) is 9.18 Å². The van der Waals surface area contributed by atoms with Crippen molar-refractivity contribution in [3.8, 4) is 5.75 Å². The van der Waals surface area contributed by atoms with Gasteiger partial charge in [0, 0.05) is 6.42 Å². The Morgan fingerprint density at radius 3 is 1.98 bits per heavy atom. The van der Waals surface area contributed by atoms with E-state index in [-0.39, 0.29) is 18.8 Å². The lowest BCUT2D eigenvalue weighted by atomic mass is 10.0. The van der Waals surface area contributed by atoms with Crippen LogP contribution >= 0.6 is 0 Å². The number of carboxylic acids is 1. The molecule has 4 atom stereocenters. The molecule has 0 radical (unpaired) electrons. The number of carbonyl (C=O) groups excluding carboxylic acids is 5. The maximum atomic E-state index is 13.4. The maximum Gasteiger partial charge on any atom is 0.408 e. The molecule has 0 aliphatic carbocycles. The number of rotatable bonds is 16. The van der Waals surface area contributed by atoms with Gasteiger partial charge in [-0.2, -0.15) is 0 Å². The Morgan fingerprint density at radius 2 is 1.41 bits per heavy atom. The van der Waals surface area contributed by atoms with Crippen molar-refractivity contribution in [2.24, 2.45) is 5.92 Å². The molecule has 0 spiro atoms. The molecule has 0 aliphatic heterocycles. The summed E-state index contributed by atoms with van der Waals surface area (Å²) in [7, 11) is 0. The van der Waals surface area contributed by atoms with Crippen LogP contribution in [0.5, 0.6) is 5.75 Å². The number of phenols is 1. The number of alkyl halides is 1. The molecule has 0 saturated carbocycles. The predicted molar refractivity (Wildman–Crippen MR) is 155 cm³/mol. The number of halogens is 1. The van der Waals surface area contributed by atoms with Gasteiger partial charge in [0.2, 0.25) is 17.7 Å². The van der Waals surface area contributed by atoms with Gasteiger partial charge < -0.3 is 36.2 Å². The first kappa shape index (κ1) is 35.2. The van der Waals surface area contributed by atoms with Crippen LogP contribution in [0, 0.1) is 5.92 Å². The first-order chi connectivity index (χ1) is 20.8. The van der Waals surface area contributed by atoms with Crippen LogP contribution in [0.15, 0.2) is 54.6 Å². The number of benzene rings is 2. The van der Waals surface area contributed by atoms with Gasteiger partial charge in [-0.05, 0) is 36.1 Å². The van der Waals surface area contributed by atoms with E-state index in [4.69, 9.17) is 9.84 Å². The highest BCUT2D eigenvalue weighted by Crippen LogP contribution is 2.13. The van der Waals surface area contributed by atoms with Crippen LogP contribution < -0.4 is 21.3 Å². The minimum absolute atomic E-state index is 0.00280. The monoisotopic (exact) mass is 616 g/mol. The number of carbonyl (C=O) groups is 6. The molecule has 1 unspecified atom stereocenters. The zero-order valence-corrected chi connectivity index (χ0v) is 24.5. The van der Waals surface area contributed by atoms with E-state index < -0.39 is 78.7 Å². The van der Waals surface area contributed by atoms with Gasteiger partial charge in [-0.15, -0.1) is 0 Å². The summed E-state index contributed by atoms with van der Waals surface area (Å²) in [6.07, 6.45) is -1.75. The van der Waals surface area contributed by atoms with E-state index in [0.29, 0.717) is 5.56 Å². The highest BCUT2D eigenvalue weighted by Gasteiger charge is 2.32. The van der Waals surface area contributed by atoms with E-state index in [0.717, 1.165) is 5.56 Å². The van der Waals surface area contributed by atoms with E-state index in [2.05, 4.69) is 21.3 Å². The number of aliphatic carboxylic acids is 1. The number of ether oxygens (including phenoxy) is 1. The van der Waals surface area contributed by atoms with Gasteiger partial charge in [-0.3, -0.25) is 24.0 Å². The second kappa shape index (κ2) is 17.2. The number of nitrogens with one attached hydrogen (secondary N) is 4. The van der Waals surface area contributed by atoms with E-state index >= 15 is 0 Å². The van der Waals surface area contributed by atoms with Crippen molar-refractivity contribution in [2.45, 2.75) is 64.4 Å². The number of phenolic OH excluding ortho intramolecular Hbond substituents is 1. The van der Waals surface area contributed by atoms with Crippen molar-refractivity contribution in [3.63, 3.8) is 0 Å². The summed E-state index contributed by atoms with van der Waals surface area (Å²) in [5.74, 6) is -5.53. The number of hydrogen-bond acceptors (Lipinski definition) is 8. The van der Waals surface area contributed by atoms with Gasteiger partial charge in [0.25, 0.3) is 0 Å². The molecule has 0 bridgehead atoms. The Hall–Kier alpha value is -5.01. The Labute approximate surface area is 253 Å². The Morgan fingerprint density at radius 1 is 0.773 bits per heavy atom. The lowest BCUT2D eigenvalue weighted by Gasteiger charge is -2.27. The predicted octanol–water partition coefficient (Wildman–Crippen LogP) is 1.37. The smallest absolute Gasteiger partial charge is 0.408 e. The lowest BCUT2D eigenvalue weighted by molar-refractivity contribution is -0.140. The van der Waals surface area contributed by atoms with Crippen LogP contribution in [-0.2, 0) is 41.7 Å². The third-order valence-electron chi connectivity index (χ3n) is 6.41. The molecule has 0 fully saturated rings. The second-order valence-electron chi connectivity index (χ2n) is 10.3. The van der Waals surface area contributed by atoms with E-state index in [1.54, 1.807) is 56.3 Å². The van der Waals surface area contributed by atoms with Crippen LogP contribution in [0.1, 0.15) is 38.3 Å². The fourth-order valence-corrected chi connectivity index (χ4v) is 3.95. The quantitative estimate of drug-likeness (QED) is 0.161. The Balaban J connectivity index is 2.13. The summed E-state index contributed by atoms with van der Waals surface area (Å²) < 4.78 is 18.1. The summed E-state index contributed by atoms with van der Waals surface area (Å²) in [4.78, 5) is 74.4. The molecular formula is C30H37FN4O9. The highest BCUT2D eigenvalue weighted by atomic mass is 19.1. The van der Waals surface area contributed by atoms with Crippen molar-refractivity contribution in [2.75, 3.05) is 6.67 Å². The van der Waals surface area contributed by atoms with Gasteiger partial charge in [-0.1, -0.05) is 56.3 Å². The molecule has 2 rings (SSSR count). The highest BCUT2D eigenvalue weighted by molar-refractivity contribution is 5.96. The van der Waals surface area contributed by atoms with Crippen molar-refractivity contribution < 1.29 is 48.1 Å². The molecule has 0 aromatic heterocycles. The molecule has 4 amide bonds. The standard InChI is InChI=1S/C30H37FN4O9/c1-17(2)26(29(42)32-18(3)27(40)33-22(14-25(38)39)24(37)15-31)35-28(41)23(13-19-9-11-21(36)12-10-19)34-30(43)44-16-20-7-5-4-6-8-20/h4-12,17-18,22-23,26,36H,13-16H2,1-3H3,(H,32,42)(H,33,40)(H,34,43)(H,35,41)(H,38,39)/t18-,22?,23-,26-/m0/s1. The number of ketones is 1. The lowest BCUT2D eigenvalue weighted by Crippen LogP contribution is -2.58. The zero-order valence-electron chi connectivity index (χ0n) is 24.5. The summed E-state index contributed by atoms with van der Waals surface area (Å²) >= 11 is 0. The average molecular weight is 617 g/mol. The zero-order chi connectivity index (χ0) is 32.8. The number of hydrogen-bond donors (Lipinski definition) is 6. The summed E-state index contributed by atoms with van der Waals surface area (Å²) in [6.45, 7) is 2.99. The number of amides is 4. The number of Topliss-reactive ketones (excluding diaryl/α,β-unsaturated/α-hetero) is 1. The van der Waals surface area contributed by atoms with Gasteiger partial charge in [0.1, 0.15) is 43.2 Å². The fraction of sp³-hybridized carbons (Fsp3) is 0.400. The minimum Gasteiger partial charge on any atom is -0.508 e. The second-order valence-corrected chi connectivity index (χ2v) is 10.3. The first-order valence-corrected chi connectivity index (χ1v) is 13.8. The SMILES string of the molecule is CC(C)[C@H](NC(=O)[C@H](Cc1ccc(O)cc1)NC(=O)OCc1ccccc1)C(=O)N[C@@H](C)C(=O)NC(CC(=O)O)C(=O)CF. The number of carboxylic acid groups (broad SMARTS) is 1. The van der Waals surface area contributed by atoms with Crippen molar-refractivity contribution in [1.29, 1.82) is 0 Å². The average Bonchev–Trinajstić information content (AvgIpc) is 2.98. The molecule has 44 heavy (non-hydrogen) atoms. The number of aromatic hydroxyl groups is 1. The third-order valence-corrected chi connectivity index (χ3v) is 6.41. The maximum absolute atomic E-state index is 13.4. The van der Waals surface area contributed by atoms with Gasteiger partial charge in [0.15, 0.2) is 5.78 Å². The molecule has 2 aromatic carbocycles. The molecular weight excluding hydrogens is 579 g/mol. The minimum atomic E-state index is -1.63. The fourth-order valence-electron chi connectivity index (χ4n) is 3.95. The van der Waals surface area contributed by atoms with Gasteiger partial charge >= 0.3 is 12.1 Å². The van der Waals surface area contributed by atoms with Crippen LogP contribution in [-0.4, -0.2) is 76.6 Å². The normalized spacial score (nSPS) is 13.5. The topological polar surface area (TPSA) is 200 Å². The van der Waals surface area contributed by atoms with E-state index in [9.17, 15) is 38.3 Å². The molecule has 238 valence electrons. The molecule has 0 heterocycles. The van der Waals surface area contributed by atoms with Crippen LogP contribution in [0.4, 0.5) is 9.18 Å². The number of alkyl carbamates (subject to hydrolysis) is 1. The molecule has 6 N–H and O–H groups in total. The molecule has 0 saturated heterocycles. The largest absolute Gasteiger partial charge is 0.508 e. The summed E-state index contributed by atoms with van der Waals surface area (Å²) in [5.41, 5.74) is 1.31. The Bertz CT molecular complexity index is 1310. The van der Waals surface area contributed by atoms with Crippen LogP contribution in [0.25, 0.3) is 0 Å². The molecule has 0 aliphatic rings. The van der Waals surface area contributed by atoms with Gasteiger partial charge in [0.05, 0.1) is 6.42 Å². The molecule has 2 aromatic rings. The van der Waals surface area contributed by atoms with Crippen LogP contribution in [0.2, 0.25) is 0 Å². The van der Waals surface area contributed by atoms with E-state index in [1.165, 1.54) is 19.1 Å². The van der Waals surface area contributed by atoms with Crippen molar-refractivity contribution in [1.82, 2.24) is 21.3 Å². The van der Waals surface area contributed by atoms with E-state index in [1.807, 2.05) is 0 Å².